The minimum absolute atomic E-state index is 0. The Hall–Kier alpha value is 0.517. The van der Waals surface area contributed by atoms with Crippen molar-refractivity contribution in [1.82, 2.24) is 0 Å². The smallest absolute Gasteiger partial charge is 0.857 e. The van der Waals surface area contributed by atoms with Crippen LogP contribution in [-0.4, -0.2) is 12.6 Å². The predicted octanol–water partition coefficient (Wildman–Crippen LogP) is -4.84. The summed E-state index contributed by atoms with van der Waals surface area (Å²) in [6, 6.07) is 0. The summed E-state index contributed by atoms with van der Waals surface area (Å²) in [7, 11) is 0.750. The number of rotatable bonds is 0. The Morgan fingerprint density at radius 2 is 1.25 bits per heavy atom. The maximum Gasteiger partial charge on any atom is 1.00 e. The molecule has 2 nitrogen and oxygen atoms in total. The molecule has 0 aromatic carbocycles. The van der Waals surface area contributed by atoms with E-state index in [4.69, 9.17) is 5.11 Å². The van der Waals surface area contributed by atoms with Crippen LogP contribution in [0.1, 0.15) is 0 Å². The van der Waals surface area contributed by atoms with Gasteiger partial charge in [0.15, 0.2) is 0 Å². The quantitative estimate of drug-likeness (QED) is 0.257. The first kappa shape index (κ1) is 24.3. The summed E-state index contributed by atoms with van der Waals surface area (Å²) in [6.07, 6.45) is 0. The molecule has 0 fully saturated rings. The van der Waals surface area contributed by atoms with E-state index in [0.29, 0.717) is 0 Å². The molecule has 4 heavy (non-hydrogen) atoms. The molecule has 0 aromatic rings. The van der Waals surface area contributed by atoms with E-state index in [2.05, 4.69) is 0 Å². The molecular weight excluding hydrogens is 51.0 g/mol. The van der Waals surface area contributed by atoms with Gasteiger partial charge in [0.25, 0.3) is 0 Å². The second kappa shape index (κ2) is 83.3. The number of hydrogen-bond acceptors (Lipinski definition) is 1. The van der Waals surface area contributed by atoms with Crippen LogP contribution in [0.25, 0.3) is 0 Å². The van der Waals surface area contributed by atoms with Crippen LogP contribution >= 0.6 is 0 Å². The van der Waals surface area contributed by atoms with Crippen LogP contribution in [0.2, 0.25) is 0 Å². The van der Waals surface area contributed by atoms with E-state index in [1.165, 1.54) is 0 Å². The molecule has 0 bridgehead atoms. The van der Waals surface area contributed by atoms with E-state index < -0.39 is 0 Å². The van der Waals surface area contributed by atoms with Crippen LogP contribution in [0.5, 0.6) is 0 Å². The fraction of sp³-hybridized carbons (Fsp3) is 1.00. The van der Waals surface area contributed by atoms with Gasteiger partial charge < -0.3 is 10.6 Å². The van der Waals surface area contributed by atoms with Crippen LogP contribution in [0.3, 0.4) is 0 Å². The van der Waals surface area contributed by atoms with E-state index in [1.807, 2.05) is 0 Å². The van der Waals surface area contributed by atoms with Gasteiger partial charge in [0, 0.05) is 0 Å². The van der Waals surface area contributed by atoms with E-state index in [1.54, 1.807) is 0 Å². The Bertz CT molecular complexity index is 6.00. The van der Waals surface area contributed by atoms with Gasteiger partial charge in [0.1, 0.15) is 0 Å². The molecule has 0 aliphatic carbocycles. The monoisotopic (exact) mass is 56.0 g/mol. The van der Waals surface area contributed by atoms with Crippen molar-refractivity contribution in [2.45, 2.75) is 0 Å². The second-order valence-corrected chi connectivity index (χ2v) is 0. The first-order valence-corrected chi connectivity index (χ1v) is 0.408. The fourth-order valence-electron chi connectivity index (χ4n) is 0. The van der Waals surface area contributed by atoms with Gasteiger partial charge in [-0.25, -0.2) is 0 Å². The fourth-order valence-corrected chi connectivity index (χ4v) is 0. The first-order valence-electron chi connectivity index (χ1n) is 0.408. The number of hydrogen-bond donors (Lipinski definition) is 0. The molecule has 0 aliphatic rings. The third kappa shape index (κ3) is 21.7. The van der Waals surface area contributed by atoms with E-state index in [0.717, 1.165) is 7.11 Å². The zero-order valence-corrected chi connectivity index (χ0v) is 2.91. The Morgan fingerprint density at radius 3 is 1.25 bits per heavy atom. The molecule has 0 unspecified atom stereocenters. The Morgan fingerprint density at radius 1 is 1.25 bits per heavy atom. The van der Waals surface area contributed by atoms with E-state index >= 15 is 0 Å². The molecule has 0 heterocycles. The summed E-state index contributed by atoms with van der Waals surface area (Å²) >= 11 is 0. The molecule has 0 radical (unpaired) electrons. The predicted molar refractivity (Wildman–Crippen MR) is 9.54 cm³/mol. The van der Waals surface area contributed by atoms with Gasteiger partial charge >= 0.3 is 18.9 Å². The Kier molecular flexibility index (Phi) is 505. The topological polar surface area (TPSA) is 54.6 Å². The molecule has 3 heteroatoms. The molecule has 0 rings (SSSR count). The van der Waals surface area contributed by atoms with Crippen LogP contribution in [0.4, 0.5) is 0 Å². The van der Waals surface area contributed by atoms with Crippen molar-refractivity contribution < 1.29 is 29.4 Å². The van der Waals surface area contributed by atoms with Gasteiger partial charge in [-0.05, 0) is 0 Å². The van der Waals surface area contributed by atoms with Crippen LogP contribution in [0.15, 0.2) is 0 Å². The van der Waals surface area contributed by atoms with Crippen molar-refractivity contribution in [1.29, 1.82) is 0 Å². The van der Waals surface area contributed by atoms with Gasteiger partial charge in [-0.3, -0.25) is 0 Å². The third-order valence-corrected chi connectivity index (χ3v) is 0. The largest absolute Gasteiger partial charge is 1.00 e. The van der Waals surface area contributed by atoms with Gasteiger partial charge in [-0.1, -0.05) is 0 Å². The summed E-state index contributed by atoms with van der Waals surface area (Å²) < 4.78 is 0. The normalized spacial score (nSPS) is 1.50. The molecule has 0 saturated carbocycles. The van der Waals surface area contributed by atoms with Gasteiger partial charge in [0.05, 0.1) is 0 Å². The van der Waals surface area contributed by atoms with Crippen molar-refractivity contribution >= 4 is 0 Å². The average Bonchev–Trinajstić information content (AvgIpc) is 1.00. The van der Waals surface area contributed by atoms with Gasteiger partial charge in [-0.2, -0.15) is 7.11 Å². The minimum atomic E-state index is 0. The molecule has 2 N–H and O–H groups in total. The van der Waals surface area contributed by atoms with Crippen LogP contribution in [0, 0.1) is 0 Å². The molecule has 0 amide bonds. The Balaban J connectivity index is -0.00000000500. The van der Waals surface area contributed by atoms with E-state index in [9.17, 15) is 0 Å². The van der Waals surface area contributed by atoms with E-state index in [-0.39, 0.29) is 24.3 Å². The molecule has 0 aromatic heterocycles. The molecule has 0 saturated heterocycles. The zero-order valence-electron chi connectivity index (χ0n) is 2.91. The summed E-state index contributed by atoms with van der Waals surface area (Å²) in [5, 5.41) is 8.25. The van der Waals surface area contributed by atoms with Crippen molar-refractivity contribution in [2.75, 3.05) is 7.11 Å². The molecule has 22 valence electrons. The van der Waals surface area contributed by atoms with Gasteiger partial charge in [-0.15, -0.1) is 0 Å². The summed E-state index contributed by atoms with van der Waals surface area (Å²) in [4.78, 5) is 0. The Labute approximate surface area is 37.3 Å². The molecule has 0 atom stereocenters. The summed E-state index contributed by atoms with van der Waals surface area (Å²) in [5.41, 5.74) is 0. The minimum Gasteiger partial charge on any atom is -0.857 e. The SMILES string of the molecule is C[O-].O.[Li+]. The molecular formula is CH5LiO2. The van der Waals surface area contributed by atoms with Gasteiger partial charge in [0.2, 0.25) is 0 Å². The van der Waals surface area contributed by atoms with Crippen molar-refractivity contribution in [3.8, 4) is 0 Å². The standard InChI is InChI=1S/CH3O.Li.H2O/c1-2;;/h1H3;;1H2/q-1;+1;. The zero-order chi connectivity index (χ0) is 2.00. The van der Waals surface area contributed by atoms with Crippen molar-refractivity contribution in [3.63, 3.8) is 0 Å². The molecule has 0 aliphatic heterocycles. The average molecular weight is 56.0 g/mol. The maximum atomic E-state index is 8.25. The third-order valence-electron chi connectivity index (χ3n) is 0. The summed E-state index contributed by atoms with van der Waals surface area (Å²) in [6.45, 7) is 0. The first-order chi connectivity index (χ1) is 1.00. The maximum absolute atomic E-state index is 8.25. The van der Waals surface area contributed by atoms with Crippen LogP contribution < -0.4 is 24.0 Å². The molecule has 0 spiro atoms. The van der Waals surface area contributed by atoms with Crippen molar-refractivity contribution in [3.05, 3.63) is 0 Å². The summed E-state index contributed by atoms with van der Waals surface area (Å²) in [5.74, 6) is 0. The second-order valence-electron chi connectivity index (χ2n) is 0. The van der Waals surface area contributed by atoms with Crippen molar-refractivity contribution in [2.24, 2.45) is 0 Å². The van der Waals surface area contributed by atoms with Crippen LogP contribution in [-0.2, 0) is 0 Å².